The normalized spacial score (nSPS) is 14.1. The van der Waals surface area contributed by atoms with Crippen LogP contribution in [0.3, 0.4) is 0 Å². The Bertz CT molecular complexity index is 2450. The maximum atomic E-state index is 7.25. The third-order valence-corrected chi connectivity index (χ3v) is 28.5. The molecule has 5 heteroatoms. The monoisotopic (exact) mass is 840 g/mol. The molecular weight excluding hydrogens is 798 g/mol. The molecule has 52 heavy (non-hydrogen) atoms. The second kappa shape index (κ2) is 13.5. The first kappa shape index (κ1) is 38.9. The van der Waals surface area contributed by atoms with E-state index in [2.05, 4.69) is 163 Å². The van der Waals surface area contributed by atoms with Crippen molar-refractivity contribution >= 4 is 83.6 Å². The molecule has 0 amide bonds. The van der Waals surface area contributed by atoms with Gasteiger partial charge in [-0.25, -0.2) is 0 Å². The summed E-state index contributed by atoms with van der Waals surface area (Å²) in [5.74, 6) is 0. The predicted octanol–water partition coefficient (Wildman–Crippen LogP) is 12.6. The maximum absolute atomic E-state index is 7.25. The molecule has 2 aliphatic rings. The van der Waals surface area contributed by atoms with Gasteiger partial charge in [0.1, 0.15) is 0 Å². The third kappa shape index (κ3) is 5.77. The van der Waals surface area contributed by atoms with Crippen LogP contribution in [0.25, 0.3) is 32.7 Å². The molecule has 0 saturated carbocycles. The zero-order valence-electron chi connectivity index (χ0n) is 30.7. The third-order valence-electron chi connectivity index (χ3n) is 11.6. The predicted molar refractivity (Wildman–Crippen MR) is 232 cm³/mol. The van der Waals surface area contributed by atoms with Gasteiger partial charge in [0, 0.05) is 0 Å². The zero-order valence-corrected chi connectivity index (χ0v) is 36.3. The average molecular weight is 844 g/mol. The zero-order chi connectivity index (χ0) is 35.2. The molecule has 266 valence electrons. The summed E-state index contributed by atoms with van der Waals surface area (Å²) in [6, 6.07) is 38.3. The van der Waals surface area contributed by atoms with Crippen LogP contribution in [0.2, 0.25) is 10.0 Å². The van der Waals surface area contributed by atoms with Crippen molar-refractivity contribution < 1.29 is 18.3 Å². The number of allylic oxidation sites excluding steroid dienone is 4. The van der Waals surface area contributed by atoms with E-state index in [1.165, 1.54) is 57.2 Å². The van der Waals surface area contributed by atoms with Crippen molar-refractivity contribution in [3.63, 3.8) is 0 Å². The minimum absolute atomic E-state index is 0. The Morgan fingerprint density at radius 3 is 1.71 bits per heavy atom. The van der Waals surface area contributed by atoms with Crippen LogP contribution in [0.5, 0.6) is 0 Å². The van der Waals surface area contributed by atoms with Crippen LogP contribution >= 0.6 is 48.0 Å². The van der Waals surface area contributed by atoms with Crippen LogP contribution in [-0.4, -0.2) is 4.21 Å². The van der Waals surface area contributed by atoms with E-state index in [-0.39, 0.29) is 35.6 Å². The van der Waals surface area contributed by atoms with Crippen LogP contribution in [0.15, 0.2) is 125 Å². The summed E-state index contributed by atoms with van der Waals surface area (Å²) in [6.45, 7) is 14.0. The van der Waals surface area contributed by atoms with E-state index in [9.17, 15) is 0 Å². The number of hydrogen-bond acceptors (Lipinski definition) is 0. The van der Waals surface area contributed by atoms with E-state index >= 15 is 0 Å². The number of rotatable bonds is 4. The number of halogens is 4. The van der Waals surface area contributed by atoms with Gasteiger partial charge in [0.05, 0.1) is 0 Å². The first-order valence-corrected chi connectivity index (χ1v) is 25.2. The van der Waals surface area contributed by atoms with E-state index in [1.807, 2.05) is 0 Å². The van der Waals surface area contributed by atoms with Crippen LogP contribution < -0.4 is 9.81 Å². The molecule has 0 radical (unpaired) electrons. The van der Waals surface area contributed by atoms with Crippen molar-refractivity contribution in [2.75, 3.05) is 0 Å². The van der Waals surface area contributed by atoms with Crippen LogP contribution in [0.1, 0.15) is 70.2 Å². The van der Waals surface area contributed by atoms with Gasteiger partial charge >= 0.3 is 310 Å². The van der Waals surface area contributed by atoms with Crippen molar-refractivity contribution in [1.29, 1.82) is 0 Å². The first-order valence-electron chi connectivity index (χ1n) is 17.8. The SMILES string of the molecule is Cl.Cl.[CH2]=[Zr]([C]1=CC=CC1)([c]1c(C(C)(C)C)ccc2c1Cc1cc(C(C)(C)C)ccc1-2)([c]1cc(Cl)cc2ccccc12)[c]1cc(Cl)cc2ccccc12. The van der Waals surface area contributed by atoms with Crippen molar-refractivity contribution in [1.82, 2.24) is 0 Å². The summed E-state index contributed by atoms with van der Waals surface area (Å²) >= 11 is 9.06. The van der Waals surface area contributed by atoms with E-state index in [1.54, 1.807) is 0 Å². The molecule has 0 aromatic heterocycles. The summed E-state index contributed by atoms with van der Waals surface area (Å²) in [5, 5.41) is 6.20. The fourth-order valence-corrected chi connectivity index (χ4v) is 28.4. The molecular formula is C47H46Cl4Zr. The van der Waals surface area contributed by atoms with Gasteiger partial charge in [-0.15, -0.1) is 24.8 Å². The Kier molecular flexibility index (Phi) is 10.1. The summed E-state index contributed by atoms with van der Waals surface area (Å²) in [4.78, 5) is 0. The minimum atomic E-state index is -5.43. The molecule has 6 aromatic carbocycles. The molecule has 2 aliphatic carbocycles. The van der Waals surface area contributed by atoms with Crippen molar-refractivity contribution in [2.24, 2.45) is 0 Å². The fraction of sp³-hybridized carbons (Fsp3) is 0.213. The summed E-state index contributed by atoms with van der Waals surface area (Å²) in [6.07, 6.45) is 8.67. The van der Waals surface area contributed by atoms with Gasteiger partial charge in [-0.1, -0.05) is 0 Å². The van der Waals surface area contributed by atoms with E-state index in [0.29, 0.717) is 0 Å². The molecule has 8 rings (SSSR count). The van der Waals surface area contributed by atoms with Gasteiger partial charge in [-0.2, -0.15) is 0 Å². The van der Waals surface area contributed by atoms with Gasteiger partial charge in [0.25, 0.3) is 0 Å². The molecule has 0 N–H and O–H groups in total. The van der Waals surface area contributed by atoms with Gasteiger partial charge < -0.3 is 0 Å². The first-order chi connectivity index (χ1) is 23.7. The Balaban J connectivity index is 0.00000232. The second-order valence-corrected chi connectivity index (χ2v) is 30.2. The Morgan fingerprint density at radius 1 is 0.635 bits per heavy atom. The van der Waals surface area contributed by atoms with Crippen molar-refractivity contribution in [3.05, 3.63) is 157 Å². The van der Waals surface area contributed by atoms with E-state index in [0.717, 1.165) is 33.7 Å². The molecule has 0 unspecified atom stereocenters. The van der Waals surface area contributed by atoms with Gasteiger partial charge in [-0.3, -0.25) is 0 Å². The van der Waals surface area contributed by atoms with Crippen LogP contribution in [-0.2, 0) is 35.5 Å². The standard InChI is InChI=1S/C21H25.2C10H6Cl.C5H5.CH2.2ClH.Zr/c1-20(2,3)16-7-9-18-14(12-16)11-15-13-17(21(4,5)6)8-10-19(15)18;2*11-10-6-5-8-3-1-2-4-9(8)7-10;1-2-4-5-3-1;;;;/h7-10,12H,11H2,1-6H3;2*1-4,6-7H;1-3H,4H2;1H2;2*1H;. The van der Waals surface area contributed by atoms with Crippen molar-refractivity contribution in [3.8, 4) is 11.1 Å². The second-order valence-electron chi connectivity index (χ2n) is 16.7. The summed E-state index contributed by atoms with van der Waals surface area (Å²) < 4.78 is 11.3. The molecule has 0 heterocycles. The number of hydrogen-bond donors (Lipinski definition) is 0. The van der Waals surface area contributed by atoms with Gasteiger partial charge in [-0.05, 0) is 0 Å². The quantitative estimate of drug-likeness (QED) is 0.166. The Hall–Kier alpha value is -2.77. The molecule has 0 atom stereocenters. The number of benzene rings is 6. The molecule has 6 aromatic rings. The topological polar surface area (TPSA) is 0 Å². The van der Waals surface area contributed by atoms with E-state index < -0.39 is 18.3 Å². The Labute approximate surface area is 332 Å². The number of fused-ring (bicyclic) bond motifs is 5. The van der Waals surface area contributed by atoms with Crippen LogP contribution in [0.4, 0.5) is 0 Å². The molecule has 0 spiro atoms. The van der Waals surface area contributed by atoms with Crippen molar-refractivity contribution in [2.45, 2.75) is 65.2 Å². The molecule has 0 fully saturated rings. The summed E-state index contributed by atoms with van der Waals surface area (Å²) in [5.41, 5.74) is 8.10. The van der Waals surface area contributed by atoms with Gasteiger partial charge in [0.15, 0.2) is 0 Å². The van der Waals surface area contributed by atoms with Crippen LogP contribution in [0, 0.1) is 0 Å². The van der Waals surface area contributed by atoms with Gasteiger partial charge in [0.2, 0.25) is 0 Å². The summed E-state index contributed by atoms with van der Waals surface area (Å²) in [7, 11) is 0. The molecule has 0 saturated heterocycles. The molecule has 0 nitrogen and oxygen atoms in total. The fourth-order valence-electron chi connectivity index (χ4n) is 9.24. The average Bonchev–Trinajstić information content (AvgIpc) is 3.75. The Morgan fingerprint density at radius 2 is 1.19 bits per heavy atom. The molecule has 0 bridgehead atoms. The molecule has 0 aliphatic heterocycles. The van der Waals surface area contributed by atoms with E-state index in [4.69, 9.17) is 27.4 Å².